The van der Waals surface area contributed by atoms with Crippen molar-refractivity contribution in [2.75, 3.05) is 4.90 Å². The molecule has 0 saturated carbocycles. The summed E-state index contributed by atoms with van der Waals surface area (Å²) in [5.74, 6) is 0.776. The number of rotatable bonds is 4. The van der Waals surface area contributed by atoms with Crippen LogP contribution in [0, 0.1) is 17.9 Å². The molecule has 0 fully saturated rings. The van der Waals surface area contributed by atoms with Gasteiger partial charge in [0, 0.05) is 42.7 Å². The topological polar surface area (TPSA) is 44.5 Å². The largest absolute Gasteiger partial charge is 0.440 e. The van der Waals surface area contributed by atoms with Crippen molar-refractivity contribution in [3.05, 3.63) is 118 Å². The normalized spacial score (nSPS) is 13.7. The van der Waals surface area contributed by atoms with Crippen molar-refractivity contribution in [3.63, 3.8) is 0 Å². The number of furan rings is 1. The van der Waals surface area contributed by atoms with E-state index in [9.17, 15) is 5.26 Å². The second-order valence-corrected chi connectivity index (χ2v) is 12.2. The van der Waals surface area contributed by atoms with E-state index in [2.05, 4.69) is 72.1 Å². The third kappa shape index (κ3) is 3.61. The fourth-order valence-electron chi connectivity index (χ4n) is 5.54. The Morgan fingerprint density at radius 1 is 0.974 bits per heavy atom. The first-order valence-corrected chi connectivity index (χ1v) is 14.2. The zero-order valence-electron chi connectivity index (χ0n) is 21.2. The summed E-state index contributed by atoms with van der Waals surface area (Å²) in [6.07, 6.45) is 1.69. The molecule has 7 rings (SSSR count). The van der Waals surface area contributed by atoms with Gasteiger partial charge >= 0.3 is 0 Å². The molecule has 0 atom stereocenters. The maximum atomic E-state index is 9.21. The first kappa shape index (κ1) is 23.5. The van der Waals surface area contributed by atoms with Crippen LogP contribution in [0.2, 0.25) is 0 Å². The molecular formula is C33H21N3OS2. The van der Waals surface area contributed by atoms with Crippen LogP contribution in [-0.4, -0.2) is 0 Å². The predicted octanol–water partition coefficient (Wildman–Crippen LogP) is 10.3. The highest BCUT2D eigenvalue weighted by Gasteiger charge is 2.40. The predicted molar refractivity (Wildman–Crippen MR) is 162 cm³/mol. The van der Waals surface area contributed by atoms with Crippen molar-refractivity contribution < 1.29 is 4.42 Å². The lowest BCUT2D eigenvalue weighted by molar-refractivity contribution is 0.620. The lowest BCUT2D eigenvalue weighted by Gasteiger charge is -2.26. The Labute approximate surface area is 234 Å². The van der Waals surface area contributed by atoms with Crippen LogP contribution in [0.25, 0.3) is 41.7 Å². The van der Waals surface area contributed by atoms with E-state index in [1.165, 1.54) is 31.0 Å². The molecular weight excluding hydrogens is 519 g/mol. The molecule has 39 heavy (non-hydrogen) atoms. The highest BCUT2D eigenvalue weighted by atomic mass is 32.1. The second-order valence-electron chi connectivity index (χ2n) is 10.0. The first-order valence-electron chi connectivity index (χ1n) is 12.5. The van der Waals surface area contributed by atoms with Crippen LogP contribution in [0.5, 0.6) is 0 Å². The highest BCUT2D eigenvalue weighted by Crippen LogP contribution is 2.58. The molecule has 0 N–H and O–H groups in total. The van der Waals surface area contributed by atoms with E-state index in [-0.39, 0.29) is 11.1 Å². The summed E-state index contributed by atoms with van der Waals surface area (Å²) in [4.78, 5) is 7.76. The Hall–Kier alpha value is -4.62. The number of para-hydroxylation sites is 2. The van der Waals surface area contributed by atoms with Gasteiger partial charge < -0.3 is 4.42 Å². The molecule has 0 unspecified atom stereocenters. The first-order chi connectivity index (χ1) is 19.0. The third-order valence-corrected chi connectivity index (χ3v) is 9.75. The summed E-state index contributed by atoms with van der Waals surface area (Å²) in [6, 6.07) is 31.3. The molecule has 186 valence electrons. The quantitative estimate of drug-likeness (QED) is 0.165. The van der Waals surface area contributed by atoms with Gasteiger partial charge in [0.25, 0.3) is 5.70 Å². The molecule has 6 aromatic rings. The molecule has 0 saturated heterocycles. The molecule has 3 aromatic carbocycles. The molecule has 3 heterocycles. The zero-order valence-corrected chi connectivity index (χ0v) is 22.9. The Bertz CT molecular complexity index is 1980. The molecule has 1 aliphatic carbocycles. The van der Waals surface area contributed by atoms with Crippen molar-refractivity contribution >= 4 is 66.4 Å². The van der Waals surface area contributed by atoms with Crippen molar-refractivity contribution in [2.24, 2.45) is 0 Å². The van der Waals surface area contributed by atoms with Crippen LogP contribution < -0.4 is 4.90 Å². The van der Waals surface area contributed by atoms with Gasteiger partial charge in [-0.25, -0.2) is 10.1 Å². The molecule has 3 aromatic heterocycles. The summed E-state index contributed by atoms with van der Waals surface area (Å²) < 4.78 is 8.79. The van der Waals surface area contributed by atoms with E-state index in [0.717, 1.165) is 33.1 Å². The van der Waals surface area contributed by atoms with E-state index in [4.69, 9.17) is 11.0 Å². The number of hydrogen-bond donors (Lipinski definition) is 0. The molecule has 1 aliphatic rings. The number of fused-ring (bicyclic) bond motifs is 6. The Morgan fingerprint density at radius 3 is 2.54 bits per heavy atom. The number of allylic oxidation sites excluding steroid dienone is 1. The van der Waals surface area contributed by atoms with E-state index in [1.54, 1.807) is 28.7 Å². The summed E-state index contributed by atoms with van der Waals surface area (Å²) >= 11 is 3.46. The van der Waals surface area contributed by atoms with Crippen molar-refractivity contribution in [1.29, 1.82) is 5.26 Å². The van der Waals surface area contributed by atoms with Crippen LogP contribution >= 0.6 is 22.7 Å². The maximum absolute atomic E-state index is 9.21. The summed E-state index contributed by atoms with van der Waals surface area (Å²) in [5.41, 5.74) is 6.72. The highest BCUT2D eigenvalue weighted by molar-refractivity contribution is 7.30. The standard InChI is InChI=1S/C33H21N3OS2/c1-33(2)26-17-23(36(22-10-5-4-6-11-22)29-15-20-9-7-8-12-27(20)37-29)13-14-25(26)31-30(33)32-28(39-31)18-24(38-32)16-21(19-34)35-3/h4-18H,1-2H3/b21-16-. The van der Waals surface area contributed by atoms with Crippen molar-refractivity contribution in [3.8, 4) is 16.5 Å². The van der Waals surface area contributed by atoms with Crippen LogP contribution in [0.4, 0.5) is 17.3 Å². The Morgan fingerprint density at radius 2 is 1.77 bits per heavy atom. The minimum Gasteiger partial charge on any atom is -0.440 e. The number of nitriles is 1. The zero-order chi connectivity index (χ0) is 26.7. The number of thiophene rings is 2. The van der Waals surface area contributed by atoms with E-state index in [1.807, 2.05) is 42.5 Å². The van der Waals surface area contributed by atoms with Crippen LogP contribution in [0.3, 0.4) is 0 Å². The molecule has 0 aliphatic heterocycles. The molecule has 0 amide bonds. The Kier molecular flexibility index (Phi) is 5.25. The number of anilines is 3. The van der Waals surface area contributed by atoms with Gasteiger partial charge in [-0.05, 0) is 59.2 Å². The second kappa shape index (κ2) is 8.71. The van der Waals surface area contributed by atoms with Gasteiger partial charge in [-0.1, -0.05) is 56.3 Å². The lowest BCUT2D eigenvalue weighted by atomic mass is 9.82. The summed E-state index contributed by atoms with van der Waals surface area (Å²) in [5, 5.41) is 10.3. The molecule has 0 bridgehead atoms. The number of benzene rings is 3. The molecule has 6 heteroatoms. The number of nitrogens with zero attached hydrogens (tertiary/aromatic N) is 3. The lowest BCUT2D eigenvalue weighted by Crippen LogP contribution is -2.16. The van der Waals surface area contributed by atoms with Gasteiger partial charge in [-0.15, -0.1) is 22.7 Å². The monoisotopic (exact) mass is 539 g/mol. The average molecular weight is 540 g/mol. The summed E-state index contributed by atoms with van der Waals surface area (Å²) in [6.45, 7) is 11.8. The molecule has 4 nitrogen and oxygen atoms in total. The minimum absolute atomic E-state index is 0.110. The average Bonchev–Trinajstić information content (AvgIpc) is 3.68. The van der Waals surface area contributed by atoms with Gasteiger partial charge in [-0.2, -0.15) is 0 Å². The van der Waals surface area contributed by atoms with Crippen LogP contribution in [0.15, 0.2) is 95.0 Å². The van der Waals surface area contributed by atoms with Gasteiger partial charge in [-0.3, -0.25) is 4.90 Å². The van der Waals surface area contributed by atoms with Gasteiger partial charge in [0.2, 0.25) is 5.88 Å². The van der Waals surface area contributed by atoms with E-state index in [0.29, 0.717) is 0 Å². The van der Waals surface area contributed by atoms with Gasteiger partial charge in [0.05, 0.1) is 17.3 Å². The SMILES string of the molecule is [C-]#[N+]/C(C#N)=C\c1cc2sc3c(c2s1)C(C)(C)c1cc(N(c2ccccc2)c2cc4ccccc4o2)ccc1-3. The van der Waals surface area contributed by atoms with Crippen molar-refractivity contribution in [1.82, 2.24) is 0 Å². The maximum Gasteiger partial charge on any atom is 0.263 e. The molecule has 0 spiro atoms. The van der Waals surface area contributed by atoms with E-state index < -0.39 is 0 Å². The summed E-state index contributed by atoms with van der Waals surface area (Å²) in [7, 11) is 0. The van der Waals surface area contributed by atoms with Crippen LogP contribution in [-0.2, 0) is 5.41 Å². The fraction of sp³-hybridized carbons (Fsp3) is 0.0909. The smallest absolute Gasteiger partial charge is 0.263 e. The fourth-order valence-corrected chi connectivity index (χ4v) is 8.48. The van der Waals surface area contributed by atoms with Gasteiger partial charge in [0.1, 0.15) is 5.58 Å². The van der Waals surface area contributed by atoms with Crippen molar-refractivity contribution in [2.45, 2.75) is 19.3 Å². The van der Waals surface area contributed by atoms with E-state index >= 15 is 0 Å². The van der Waals surface area contributed by atoms with Crippen LogP contribution in [0.1, 0.15) is 29.9 Å². The Balaban J connectivity index is 1.37. The van der Waals surface area contributed by atoms with Gasteiger partial charge in [0.15, 0.2) is 0 Å². The molecule has 0 radical (unpaired) electrons. The minimum atomic E-state index is -0.209. The third-order valence-electron chi connectivity index (χ3n) is 7.35. The number of hydrogen-bond acceptors (Lipinski definition) is 5.